The third-order valence-electron chi connectivity index (χ3n) is 7.69. The van der Waals surface area contributed by atoms with Crippen molar-refractivity contribution >= 4 is 11.0 Å². The third-order valence-corrected chi connectivity index (χ3v) is 7.69. The molecule has 0 aliphatic carbocycles. The number of hydrogen-bond donors (Lipinski definition) is 9. The normalized spacial score (nSPS) is 33.0. The third kappa shape index (κ3) is 5.50. The second-order valence-electron chi connectivity index (χ2n) is 10.5. The Hall–Kier alpha value is -3.51. The molecule has 5 rings (SSSR count). The molecular formula is C28H32O15. The smallest absolute Gasteiger partial charge is 0.197 e. The van der Waals surface area contributed by atoms with Crippen molar-refractivity contribution in [1.29, 1.82) is 0 Å². The molecule has 9 N–H and O–H groups in total. The van der Waals surface area contributed by atoms with Crippen LogP contribution in [0.5, 0.6) is 23.0 Å². The number of aliphatic hydroxyl groups is 6. The largest absolute Gasteiger partial charge is 0.507 e. The fourth-order valence-corrected chi connectivity index (χ4v) is 5.24. The number of phenols is 3. The van der Waals surface area contributed by atoms with Gasteiger partial charge in [0.1, 0.15) is 71.5 Å². The zero-order valence-corrected chi connectivity index (χ0v) is 22.8. The van der Waals surface area contributed by atoms with E-state index in [-0.39, 0.29) is 33.6 Å². The van der Waals surface area contributed by atoms with Crippen molar-refractivity contribution in [2.45, 2.75) is 68.1 Å². The number of aromatic hydroxyl groups is 3. The second kappa shape index (κ2) is 11.9. The Morgan fingerprint density at radius 3 is 2.16 bits per heavy atom. The van der Waals surface area contributed by atoms with Crippen LogP contribution in [0, 0.1) is 0 Å². The SMILES string of the molecule is COc1cc(O)c2c(=O)cc(-c3ccc(O)c(O)c3)oc2c1C1OC(COC2OC(C)C(O)C(O)C2O)C(O)C(O)C1O. The predicted molar refractivity (Wildman–Crippen MR) is 143 cm³/mol. The molecule has 0 spiro atoms. The number of aliphatic hydroxyl groups excluding tert-OH is 6. The van der Waals surface area contributed by atoms with E-state index in [1.807, 2.05) is 0 Å². The van der Waals surface area contributed by atoms with Crippen LogP contribution in [0.4, 0.5) is 0 Å². The first-order chi connectivity index (χ1) is 20.3. The standard InChI is InChI=1S/C28H32O15/c1-9-20(33)22(35)25(38)28(41-9)40-8-17-21(34)23(36)24(37)27(43-17)19-16(39-2)7-14(32)18-13(31)6-15(42-26(18)19)10-3-4-11(29)12(30)5-10/h3-7,9,17,20-25,27-30,32-38H,8H2,1-2H3. The molecule has 2 fully saturated rings. The van der Waals surface area contributed by atoms with Crippen LogP contribution >= 0.6 is 0 Å². The van der Waals surface area contributed by atoms with E-state index in [0.717, 1.165) is 18.2 Å². The van der Waals surface area contributed by atoms with Crippen molar-refractivity contribution in [2.75, 3.05) is 13.7 Å². The maximum atomic E-state index is 13.2. The molecule has 0 bridgehead atoms. The van der Waals surface area contributed by atoms with Crippen LogP contribution in [-0.2, 0) is 14.2 Å². The minimum Gasteiger partial charge on any atom is -0.507 e. The molecule has 15 heteroatoms. The summed E-state index contributed by atoms with van der Waals surface area (Å²) >= 11 is 0. The topological polar surface area (TPSA) is 249 Å². The van der Waals surface area contributed by atoms with Crippen LogP contribution in [0.1, 0.15) is 18.6 Å². The van der Waals surface area contributed by atoms with E-state index in [0.29, 0.717) is 0 Å². The number of rotatable bonds is 6. The van der Waals surface area contributed by atoms with Crippen LogP contribution in [0.2, 0.25) is 0 Å². The van der Waals surface area contributed by atoms with Crippen molar-refractivity contribution in [2.24, 2.45) is 0 Å². The van der Waals surface area contributed by atoms with Gasteiger partial charge in [0.05, 0.1) is 25.4 Å². The Morgan fingerprint density at radius 2 is 1.49 bits per heavy atom. The molecule has 2 aliphatic rings. The molecule has 0 amide bonds. The van der Waals surface area contributed by atoms with Crippen LogP contribution in [-0.4, -0.2) is 115 Å². The highest BCUT2D eigenvalue weighted by Crippen LogP contribution is 2.44. The van der Waals surface area contributed by atoms with Gasteiger partial charge in [-0.25, -0.2) is 0 Å². The van der Waals surface area contributed by atoms with Gasteiger partial charge in [0.2, 0.25) is 0 Å². The van der Waals surface area contributed by atoms with Gasteiger partial charge in [0.15, 0.2) is 28.8 Å². The van der Waals surface area contributed by atoms with Gasteiger partial charge in [0, 0.05) is 17.7 Å². The van der Waals surface area contributed by atoms with E-state index in [2.05, 4.69) is 0 Å². The van der Waals surface area contributed by atoms with Crippen molar-refractivity contribution in [3.8, 4) is 34.3 Å². The lowest BCUT2D eigenvalue weighted by Crippen LogP contribution is -2.59. The molecule has 234 valence electrons. The van der Waals surface area contributed by atoms with Crippen molar-refractivity contribution < 1.29 is 69.3 Å². The molecule has 2 aromatic carbocycles. The average Bonchev–Trinajstić information content (AvgIpc) is 2.98. The Bertz CT molecular complexity index is 1540. The molecule has 15 nitrogen and oxygen atoms in total. The summed E-state index contributed by atoms with van der Waals surface area (Å²) in [5.41, 5.74) is -0.991. The first-order valence-corrected chi connectivity index (χ1v) is 13.2. The molecule has 3 heterocycles. The number of benzene rings is 2. The molecule has 2 saturated heterocycles. The summed E-state index contributed by atoms with van der Waals surface area (Å²) in [6, 6.07) is 5.79. The van der Waals surface area contributed by atoms with E-state index in [1.165, 1.54) is 26.2 Å². The summed E-state index contributed by atoms with van der Waals surface area (Å²) < 4.78 is 28.2. The highest BCUT2D eigenvalue weighted by atomic mass is 16.7. The second-order valence-corrected chi connectivity index (χ2v) is 10.5. The molecule has 0 radical (unpaired) electrons. The Labute approximate surface area is 242 Å². The Kier molecular flexibility index (Phi) is 8.54. The van der Waals surface area contributed by atoms with Crippen molar-refractivity contribution in [3.05, 3.63) is 46.1 Å². The molecule has 3 aromatic rings. The first-order valence-electron chi connectivity index (χ1n) is 13.2. The van der Waals surface area contributed by atoms with Crippen LogP contribution in [0.25, 0.3) is 22.3 Å². The minimum atomic E-state index is -1.84. The van der Waals surface area contributed by atoms with E-state index in [9.17, 15) is 50.8 Å². The molecule has 10 unspecified atom stereocenters. The van der Waals surface area contributed by atoms with Gasteiger partial charge >= 0.3 is 0 Å². The summed E-state index contributed by atoms with van der Waals surface area (Å²) in [5.74, 6) is -1.68. The van der Waals surface area contributed by atoms with Gasteiger partial charge in [-0.15, -0.1) is 0 Å². The van der Waals surface area contributed by atoms with Crippen molar-refractivity contribution in [3.63, 3.8) is 0 Å². The molecular weight excluding hydrogens is 576 g/mol. The Morgan fingerprint density at radius 1 is 0.791 bits per heavy atom. The predicted octanol–water partition coefficient (Wildman–Crippen LogP) is -1.05. The molecule has 0 saturated carbocycles. The minimum absolute atomic E-state index is 0.106. The van der Waals surface area contributed by atoms with Gasteiger partial charge in [-0.2, -0.15) is 0 Å². The monoisotopic (exact) mass is 608 g/mol. The summed E-state index contributed by atoms with van der Waals surface area (Å²) in [6.07, 6.45) is -15.3. The van der Waals surface area contributed by atoms with Gasteiger partial charge in [0.25, 0.3) is 0 Å². The molecule has 10 atom stereocenters. The number of hydrogen-bond acceptors (Lipinski definition) is 15. The number of ether oxygens (including phenoxy) is 4. The fourth-order valence-electron chi connectivity index (χ4n) is 5.24. The fraction of sp³-hybridized carbons (Fsp3) is 0.464. The van der Waals surface area contributed by atoms with E-state index in [1.54, 1.807) is 0 Å². The van der Waals surface area contributed by atoms with E-state index < -0.39 is 90.5 Å². The maximum Gasteiger partial charge on any atom is 0.197 e. The molecule has 2 aliphatic heterocycles. The van der Waals surface area contributed by atoms with Crippen LogP contribution in [0.3, 0.4) is 0 Å². The molecule has 43 heavy (non-hydrogen) atoms. The maximum absolute atomic E-state index is 13.2. The summed E-state index contributed by atoms with van der Waals surface area (Å²) in [7, 11) is 1.23. The highest BCUT2D eigenvalue weighted by molar-refractivity contribution is 5.89. The van der Waals surface area contributed by atoms with Gasteiger partial charge in [-0.1, -0.05) is 0 Å². The number of fused-ring (bicyclic) bond motifs is 1. The number of methoxy groups -OCH3 is 1. The van der Waals surface area contributed by atoms with E-state index >= 15 is 0 Å². The quantitative estimate of drug-likeness (QED) is 0.152. The summed E-state index contributed by atoms with van der Waals surface area (Å²) in [4.78, 5) is 13.2. The van der Waals surface area contributed by atoms with Gasteiger partial charge < -0.3 is 69.3 Å². The first kappa shape index (κ1) is 30.9. The van der Waals surface area contributed by atoms with Crippen LogP contribution in [0.15, 0.2) is 39.5 Å². The zero-order chi connectivity index (χ0) is 31.3. The lowest BCUT2D eigenvalue weighted by Gasteiger charge is -2.43. The van der Waals surface area contributed by atoms with Gasteiger partial charge in [-0.3, -0.25) is 4.79 Å². The molecule has 1 aromatic heterocycles. The number of phenolic OH excluding ortho intramolecular Hbond substituents is 3. The lowest BCUT2D eigenvalue weighted by atomic mass is 9.89. The van der Waals surface area contributed by atoms with Crippen LogP contribution < -0.4 is 10.2 Å². The van der Waals surface area contributed by atoms with Crippen molar-refractivity contribution in [1.82, 2.24) is 0 Å². The Balaban J connectivity index is 1.55. The summed E-state index contributed by atoms with van der Waals surface area (Å²) in [6.45, 7) is 0.904. The van der Waals surface area contributed by atoms with Gasteiger partial charge in [-0.05, 0) is 25.1 Å². The lowest BCUT2D eigenvalue weighted by molar-refractivity contribution is -0.308. The zero-order valence-electron chi connectivity index (χ0n) is 22.8. The van der Waals surface area contributed by atoms with E-state index in [4.69, 9.17) is 23.4 Å². The summed E-state index contributed by atoms with van der Waals surface area (Å²) in [5, 5.41) is 92.7. The average molecular weight is 609 g/mol. The highest BCUT2D eigenvalue weighted by Gasteiger charge is 2.48.